The Morgan fingerprint density at radius 2 is 1.31 bits per heavy atom. The molecule has 0 unspecified atom stereocenters. The number of rotatable bonds is 3. The van der Waals surface area contributed by atoms with E-state index in [2.05, 4.69) is 26.0 Å². The molecule has 128 valence electrons. The second-order valence-electron chi connectivity index (χ2n) is 7.14. The molecule has 0 amide bonds. The van der Waals surface area contributed by atoms with Crippen LogP contribution in [0.2, 0.25) is 0 Å². The van der Waals surface area contributed by atoms with E-state index in [1.54, 1.807) is 12.1 Å². The standard InChI is InChI=1S/C23H18O3/c1-23(2)19-6-4-3-5-17(19)18-12-11-16(13-20(18)23)21(24)14-7-9-15(10-8-14)22(25)26/h3-13H,1-2H3,(H,25,26). The highest BCUT2D eigenvalue weighted by molar-refractivity contribution is 6.10. The smallest absolute Gasteiger partial charge is 0.335 e. The Hall–Kier alpha value is -3.20. The van der Waals surface area contributed by atoms with Crippen LogP contribution < -0.4 is 0 Å². The van der Waals surface area contributed by atoms with E-state index in [1.807, 2.05) is 30.3 Å². The lowest BCUT2D eigenvalue weighted by atomic mass is 9.81. The number of carbonyl (C=O) groups excluding carboxylic acids is 1. The molecule has 3 heteroatoms. The topological polar surface area (TPSA) is 54.4 Å². The average Bonchev–Trinajstić information content (AvgIpc) is 2.89. The van der Waals surface area contributed by atoms with Gasteiger partial charge in [0.05, 0.1) is 5.56 Å². The van der Waals surface area contributed by atoms with Gasteiger partial charge in [-0.15, -0.1) is 0 Å². The van der Waals surface area contributed by atoms with Crippen molar-refractivity contribution in [2.75, 3.05) is 0 Å². The van der Waals surface area contributed by atoms with Crippen molar-refractivity contribution < 1.29 is 14.7 Å². The third kappa shape index (κ3) is 2.36. The van der Waals surface area contributed by atoms with Gasteiger partial charge in [-0.2, -0.15) is 0 Å². The number of benzene rings is 3. The summed E-state index contributed by atoms with van der Waals surface area (Å²) in [5.41, 5.74) is 5.93. The van der Waals surface area contributed by atoms with Crippen LogP contribution in [0.4, 0.5) is 0 Å². The maximum absolute atomic E-state index is 12.9. The van der Waals surface area contributed by atoms with Crippen molar-refractivity contribution in [3.63, 3.8) is 0 Å². The third-order valence-electron chi connectivity index (χ3n) is 5.24. The van der Waals surface area contributed by atoms with Crippen LogP contribution in [0.5, 0.6) is 0 Å². The first-order valence-electron chi connectivity index (χ1n) is 8.52. The van der Waals surface area contributed by atoms with E-state index in [1.165, 1.54) is 28.8 Å². The molecule has 0 fully saturated rings. The lowest BCUT2D eigenvalue weighted by Crippen LogP contribution is -2.15. The van der Waals surface area contributed by atoms with Gasteiger partial charge in [-0.25, -0.2) is 4.79 Å². The Kier molecular flexibility index (Phi) is 3.55. The molecule has 0 aliphatic heterocycles. The van der Waals surface area contributed by atoms with Gasteiger partial charge in [0.2, 0.25) is 0 Å². The Labute approximate surface area is 151 Å². The summed E-state index contributed by atoms with van der Waals surface area (Å²) in [4.78, 5) is 23.8. The highest BCUT2D eigenvalue weighted by Crippen LogP contribution is 2.48. The van der Waals surface area contributed by atoms with Gasteiger partial charge in [-0.3, -0.25) is 4.79 Å². The minimum absolute atomic E-state index is 0.100. The molecular weight excluding hydrogens is 324 g/mol. The number of carbonyl (C=O) groups is 2. The molecule has 0 spiro atoms. The van der Waals surface area contributed by atoms with Crippen LogP contribution in [0.15, 0.2) is 66.7 Å². The number of fused-ring (bicyclic) bond motifs is 3. The van der Waals surface area contributed by atoms with Gasteiger partial charge in [0.15, 0.2) is 5.78 Å². The van der Waals surface area contributed by atoms with Crippen LogP contribution in [0, 0.1) is 0 Å². The molecule has 0 heterocycles. The van der Waals surface area contributed by atoms with E-state index < -0.39 is 5.97 Å². The molecule has 0 bridgehead atoms. The fourth-order valence-corrected chi connectivity index (χ4v) is 3.78. The molecule has 3 aromatic rings. The van der Waals surface area contributed by atoms with Crippen LogP contribution in [0.25, 0.3) is 11.1 Å². The van der Waals surface area contributed by atoms with Crippen molar-refractivity contribution >= 4 is 11.8 Å². The highest BCUT2D eigenvalue weighted by Gasteiger charge is 2.35. The summed E-state index contributed by atoms with van der Waals surface area (Å²) in [6.07, 6.45) is 0. The zero-order chi connectivity index (χ0) is 18.5. The number of aromatic carboxylic acids is 1. The van der Waals surface area contributed by atoms with Gasteiger partial charge < -0.3 is 5.11 Å². The minimum Gasteiger partial charge on any atom is -0.478 e. The molecule has 1 N–H and O–H groups in total. The van der Waals surface area contributed by atoms with Crippen molar-refractivity contribution in [2.24, 2.45) is 0 Å². The van der Waals surface area contributed by atoms with Crippen molar-refractivity contribution in [3.8, 4) is 11.1 Å². The van der Waals surface area contributed by atoms with E-state index in [0.29, 0.717) is 11.1 Å². The van der Waals surface area contributed by atoms with Gasteiger partial charge in [0.25, 0.3) is 0 Å². The predicted molar refractivity (Wildman–Crippen MR) is 101 cm³/mol. The van der Waals surface area contributed by atoms with Crippen LogP contribution in [0.1, 0.15) is 51.3 Å². The van der Waals surface area contributed by atoms with Crippen molar-refractivity contribution in [3.05, 3.63) is 94.5 Å². The second-order valence-corrected chi connectivity index (χ2v) is 7.14. The molecule has 26 heavy (non-hydrogen) atoms. The molecule has 0 atom stereocenters. The number of hydrogen-bond donors (Lipinski definition) is 1. The fourth-order valence-electron chi connectivity index (χ4n) is 3.78. The van der Waals surface area contributed by atoms with Gasteiger partial charge >= 0.3 is 5.97 Å². The first-order chi connectivity index (χ1) is 12.4. The summed E-state index contributed by atoms with van der Waals surface area (Å²) in [6, 6.07) is 20.2. The van der Waals surface area contributed by atoms with Crippen molar-refractivity contribution in [2.45, 2.75) is 19.3 Å². The molecule has 0 saturated heterocycles. The molecule has 4 rings (SSSR count). The van der Waals surface area contributed by atoms with E-state index in [0.717, 1.165) is 5.56 Å². The molecule has 3 aromatic carbocycles. The molecular formula is C23H18O3. The van der Waals surface area contributed by atoms with Crippen LogP contribution >= 0.6 is 0 Å². The Bertz CT molecular complexity index is 1040. The molecule has 1 aliphatic carbocycles. The molecule has 0 saturated carbocycles. The molecule has 0 radical (unpaired) electrons. The van der Waals surface area contributed by atoms with Crippen LogP contribution in [-0.2, 0) is 5.41 Å². The van der Waals surface area contributed by atoms with Gasteiger partial charge in [0.1, 0.15) is 0 Å². The zero-order valence-electron chi connectivity index (χ0n) is 14.6. The average molecular weight is 342 g/mol. The summed E-state index contributed by atoms with van der Waals surface area (Å²) >= 11 is 0. The summed E-state index contributed by atoms with van der Waals surface area (Å²) in [5.74, 6) is -1.10. The van der Waals surface area contributed by atoms with E-state index >= 15 is 0 Å². The maximum Gasteiger partial charge on any atom is 0.335 e. The zero-order valence-corrected chi connectivity index (χ0v) is 14.6. The first kappa shape index (κ1) is 16.3. The normalized spacial score (nSPS) is 13.8. The lowest BCUT2D eigenvalue weighted by Gasteiger charge is -2.21. The van der Waals surface area contributed by atoms with Crippen molar-refractivity contribution in [1.82, 2.24) is 0 Å². The molecule has 3 nitrogen and oxygen atoms in total. The number of hydrogen-bond acceptors (Lipinski definition) is 2. The van der Waals surface area contributed by atoms with Gasteiger partial charge in [0, 0.05) is 16.5 Å². The number of ketones is 1. The van der Waals surface area contributed by atoms with E-state index in [4.69, 9.17) is 5.11 Å². The quantitative estimate of drug-likeness (QED) is 0.687. The monoisotopic (exact) mass is 342 g/mol. The molecule has 0 aromatic heterocycles. The number of carboxylic acids is 1. The largest absolute Gasteiger partial charge is 0.478 e. The summed E-state index contributed by atoms with van der Waals surface area (Å²) in [7, 11) is 0. The Morgan fingerprint density at radius 3 is 2.00 bits per heavy atom. The SMILES string of the molecule is CC1(C)c2ccccc2-c2ccc(C(=O)c3ccc(C(=O)O)cc3)cc21. The van der Waals surface area contributed by atoms with Gasteiger partial charge in [-0.1, -0.05) is 62.4 Å². The summed E-state index contributed by atoms with van der Waals surface area (Å²) < 4.78 is 0. The fraction of sp³-hybridized carbons (Fsp3) is 0.130. The van der Waals surface area contributed by atoms with E-state index in [9.17, 15) is 9.59 Å². The van der Waals surface area contributed by atoms with Crippen LogP contribution in [-0.4, -0.2) is 16.9 Å². The first-order valence-corrected chi connectivity index (χ1v) is 8.52. The third-order valence-corrected chi connectivity index (χ3v) is 5.24. The Balaban J connectivity index is 1.76. The van der Waals surface area contributed by atoms with Gasteiger partial charge in [-0.05, 0) is 40.5 Å². The maximum atomic E-state index is 12.9. The Morgan fingerprint density at radius 1 is 0.731 bits per heavy atom. The highest BCUT2D eigenvalue weighted by atomic mass is 16.4. The summed E-state index contributed by atoms with van der Waals surface area (Å²) in [5, 5.41) is 9.00. The lowest BCUT2D eigenvalue weighted by molar-refractivity contribution is 0.0696. The number of carboxylic acid groups (broad SMARTS) is 1. The minimum atomic E-state index is -0.999. The van der Waals surface area contributed by atoms with Crippen LogP contribution in [0.3, 0.4) is 0 Å². The molecule has 1 aliphatic rings. The van der Waals surface area contributed by atoms with Crippen molar-refractivity contribution in [1.29, 1.82) is 0 Å². The summed E-state index contributed by atoms with van der Waals surface area (Å²) in [6.45, 7) is 4.35. The predicted octanol–water partition coefficient (Wildman–Crippen LogP) is 4.92. The second kappa shape index (κ2) is 5.67. The van der Waals surface area contributed by atoms with E-state index in [-0.39, 0.29) is 16.8 Å².